The van der Waals surface area contributed by atoms with Crippen molar-refractivity contribution < 1.29 is 9.53 Å². The third-order valence-corrected chi connectivity index (χ3v) is 4.39. The zero-order chi connectivity index (χ0) is 18.7. The number of fused-ring (bicyclic) bond motifs is 1. The monoisotopic (exact) mass is 354 g/mol. The van der Waals surface area contributed by atoms with Crippen molar-refractivity contribution >= 4 is 11.7 Å². The number of para-hydroxylation sites is 1. The molecule has 0 bridgehead atoms. The smallest absolute Gasteiger partial charge is 0.273 e. The molecule has 2 aromatic rings. The molecule has 2 heterocycles. The van der Waals surface area contributed by atoms with Crippen molar-refractivity contribution in [1.82, 2.24) is 14.9 Å². The van der Waals surface area contributed by atoms with Gasteiger partial charge in [-0.25, -0.2) is 9.97 Å². The highest BCUT2D eigenvalue weighted by Crippen LogP contribution is 2.33. The van der Waals surface area contributed by atoms with Gasteiger partial charge in [0.1, 0.15) is 17.3 Å². The molecule has 26 heavy (non-hydrogen) atoms. The van der Waals surface area contributed by atoms with E-state index in [0.717, 1.165) is 35.7 Å². The second-order valence-corrected chi connectivity index (χ2v) is 6.61. The molecule has 0 aliphatic carbocycles. The third-order valence-electron chi connectivity index (χ3n) is 4.39. The molecule has 0 saturated carbocycles. The van der Waals surface area contributed by atoms with Crippen LogP contribution in [0.1, 0.15) is 50.2 Å². The third kappa shape index (κ3) is 3.36. The zero-order valence-corrected chi connectivity index (χ0v) is 15.9. The molecule has 138 valence electrons. The highest BCUT2D eigenvalue weighted by Gasteiger charge is 2.34. The Kier molecular flexibility index (Phi) is 5.40. The Morgan fingerprint density at radius 1 is 1.23 bits per heavy atom. The van der Waals surface area contributed by atoms with Crippen molar-refractivity contribution in [3.05, 3.63) is 35.5 Å². The summed E-state index contributed by atoms with van der Waals surface area (Å²) in [6.45, 7) is 9.98. The molecule has 1 amide bonds. The molecule has 0 radical (unpaired) electrons. The van der Waals surface area contributed by atoms with Gasteiger partial charge < -0.3 is 15.0 Å². The van der Waals surface area contributed by atoms with Crippen LogP contribution in [-0.2, 0) is 6.54 Å². The topological polar surface area (TPSA) is 67.4 Å². The van der Waals surface area contributed by atoms with Crippen LogP contribution in [-0.4, -0.2) is 40.0 Å². The van der Waals surface area contributed by atoms with Crippen molar-refractivity contribution in [2.24, 2.45) is 0 Å². The van der Waals surface area contributed by atoms with E-state index < -0.39 is 0 Å². The number of amides is 1. The fraction of sp³-hybridized carbons (Fsp3) is 0.450. The van der Waals surface area contributed by atoms with Crippen molar-refractivity contribution in [3.8, 4) is 17.1 Å². The van der Waals surface area contributed by atoms with Gasteiger partial charge >= 0.3 is 0 Å². The summed E-state index contributed by atoms with van der Waals surface area (Å²) in [5, 5.41) is 3.37. The van der Waals surface area contributed by atoms with E-state index in [0.29, 0.717) is 24.7 Å². The molecule has 6 heteroatoms. The van der Waals surface area contributed by atoms with Gasteiger partial charge in [0.05, 0.1) is 18.7 Å². The SMILES string of the molecule is CCCNc1nc(-c2ccccc2OCC)nc2c1CN(C(C)C)C2=O. The van der Waals surface area contributed by atoms with E-state index in [2.05, 4.69) is 17.2 Å². The number of aromatic nitrogens is 2. The Bertz CT molecular complexity index is 804. The van der Waals surface area contributed by atoms with Crippen molar-refractivity contribution in [3.63, 3.8) is 0 Å². The first-order chi connectivity index (χ1) is 12.6. The molecule has 1 N–H and O–H groups in total. The number of carbonyl (C=O) groups excluding carboxylic acids is 1. The van der Waals surface area contributed by atoms with E-state index >= 15 is 0 Å². The number of hydrogen-bond acceptors (Lipinski definition) is 5. The number of benzene rings is 1. The van der Waals surface area contributed by atoms with Crippen LogP contribution in [0.3, 0.4) is 0 Å². The molecule has 1 aliphatic rings. The lowest BCUT2D eigenvalue weighted by atomic mass is 10.1. The number of rotatable bonds is 7. The van der Waals surface area contributed by atoms with Crippen LogP contribution in [0.25, 0.3) is 11.4 Å². The van der Waals surface area contributed by atoms with Crippen LogP contribution in [0, 0.1) is 0 Å². The van der Waals surface area contributed by atoms with Gasteiger partial charge in [-0.2, -0.15) is 0 Å². The summed E-state index contributed by atoms with van der Waals surface area (Å²) in [5.41, 5.74) is 2.18. The largest absolute Gasteiger partial charge is 0.493 e. The summed E-state index contributed by atoms with van der Waals surface area (Å²) >= 11 is 0. The van der Waals surface area contributed by atoms with Gasteiger partial charge in [-0.1, -0.05) is 19.1 Å². The van der Waals surface area contributed by atoms with Crippen LogP contribution in [0.2, 0.25) is 0 Å². The number of nitrogens with zero attached hydrogens (tertiary/aromatic N) is 3. The molecule has 0 saturated heterocycles. The summed E-state index contributed by atoms with van der Waals surface area (Å²) in [4.78, 5) is 24.0. The lowest BCUT2D eigenvalue weighted by molar-refractivity contribution is 0.0726. The lowest BCUT2D eigenvalue weighted by Gasteiger charge is -2.19. The van der Waals surface area contributed by atoms with Gasteiger partial charge in [0.2, 0.25) is 0 Å². The maximum Gasteiger partial charge on any atom is 0.273 e. The van der Waals surface area contributed by atoms with Gasteiger partial charge in [-0.3, -0.25) is 4.79 Å². The lowest BCUT2D eigenvalue weighted by Crippen LogP contribution is -2.31. The number of nitrogens with one attached hydrogen (secondary N) is 1. The summed E-state index contributed by atoms with van der Waals surface area (Å²) in [5.74, 6) is 1.95. The fourth-order valence-corrected chi connectivity index (χ4v) is 3.05. The second kappa shape index (κ2) is 7.72. The molecule has 1 aromatic carbocycles. The maximum absolute atomic E-state index is 12.8. The summed E-state index contributed by atoms with van der Waals surface area (Å²) in [6.07, 6.45) is 0.978. The molecule has 1 aromatic heterocycles. The number of ether oxygens (including phenoxy) is 1. The van der Waals surface area contributed by atoms with Gasteiger partial charge in [-0.05, 0) is 39.3 Å². The highest BCUT2D eigenvalue weighted by atomic mass is 16.5. The molecular formula is C20H26N4O2. The fourth-order valence-electron chi connectivity index (χ4n) is 3.05. The average molecular weight is 354 g/mol. The molecule has 0 spiro atoms. The first-order valence-corrected chi connectivity index (χ1v) is 9.24. The predicted molar refractivity (Wildman–Crippen MR) is 102 cm³/mol. The van der Waals surface area contributed by atoms with Crippen LogP contribution in [0.4, 0.5) is 5.82 Å². The minimum Gasteiger partial charge on any atom is -0.493 e. The van der Waals surface area contributed by atoms with Gasteiger partial charge in [0, 0.05) is 18.2 Å². The molecule has 1 aliphatic heterocycles. The summed E-state index contributed by atoms with van der Waals surface area (Å²) < 4.78 is 5.72. The Labute approximate surface area is 154 Å². The minimum atomic E-state index is -0.0351. The second-order valence-electron chi connectivity index (χ2n) is 6.61. The van der Waals surface area contributed by atoms with E-state index in [1.165, 1.54) is 0 Å². The Balaban J connectivity index is 2.11. The van der Waals surface area contributed by atoms with Crippen molar-refractivity contribution in [2.75, 3.05) is 18.5 Å². The number of anilines is 1. The summed E-state index contributed by atoms with van der Waals surface area (Å²) in [6, 6.07) is 7.79. The van der Waals surface area contributed by atoms with Crippen LogP contribution >= 0.6 is 0 Å². The van der Waals surface area contributed by atoms with Gasteiger partial charge in [0.25, 0.3) is 5.91 Å². The molecule has 0 fully saturated rings. The van der Waals surface area contributed by atoms with Crippen molar-refractivity contribution in [2.45, 2.75) is 46.7 Å². The summed E-state index contributed by atoms with van der Waals surface area (Å²) in [7, 11) is 0. The molecule has 6 nitrogen and oxygen atoms in total. The quantitative estimate of drug-likeness (QED) is 0.821. The minimum absolute atomic E-state index is 0.0351. The van der Waals surface area contributed by atoms with E-state index in [9.17, 15) is 4.79 Å². The first-order valence-electron chi connectivity index (χ1n) is 9.24. The van der Waals surface area contributed by atoms with E-state index in [4.69, 9.17) is 9.72 Å². The van der Waals surface area contributed by atoms with Gasteiger partial charge in [-0.15, -0.1) is 0 Å². The zero-order valence-electron chi connectivity index (χ0n) is 15.9. The van der Waals surface area contributed by atoms with Crippen LogP contribution in [0.15, 0.2) is 24.3 Å². The molecular weight excluding hydrogens is 328 g/mol. The average Bonchev–Trinajstić information content (AvgIpc) is 2.98. The maximum atomic E-state index is 12.8. The standard InChI is InChI=1S/C20H26N4O2/c1-5-11-21-18-15-12-24(13(3)4)20(25)17(15)22-19(23-18)14-9-7-8-10-16(14)26-6-2/h7-10,13H,5-6,11-12H2,1-4H3,(H,21,22,23). The Morgan fingerprint density at radius 2 is 2.00 bits per heavy atom. The van der Waals surface area contributed by atoms with Crippen LogP contribution < -0.4 is 10.1 Å². The first kappa shape index (κ1) is 18.2. The van der Waals surface area contributed by atoms with E-state index in [1.54, 1.807) is 0 Å². The van der Waals surface area contributed by atoms with E-state index in [1.807, 2.05) is 49.9 Å². The van der Waals surface area contributed by atoms with E-state index in [-0.39, 0.29) is 11.9 Å². The Hall–Kier alpha value is -2.63. The number of carbonyl (C=O) groups is 1. The van der Waals surface area contributed by atoms with Crippen molar-refractivity contribution in [1.29, 1.82) is 0 Å². The normalized spacial score (nSPS) is 13.3. The molecule has 3 rings (SSSR count). The predicted octanol–water partition coefficient (Wildman–Crippen LogP) is 3.73. The van der Waals surface area contributed by atoms with Crippen LogP contribution in [0.5, 0.6) is 5.75 Å². The van der Waals surface area contributed by atoms with Gasteiger partial charge in [0.15, 0.2) is 5.82 Å². The Morgan fingerprint density at radius 3 is 2.69 bits per heavy atom. The number of hydrogen-bond donors (Lipinski definition) is 1. The molecule has 0 unspecified atom stereocenters. The highest BCUT2D eigenvalue weighted by molar-refractivity contribution is 5.98. The molecule has 0 atom stereocenters.